The largest absolute Gasteiger partial charge is 0.463 e. The number of benzene rings is 1. The minimum Gasteiger partial charge on any atom is -0.463 e. The summed E-state index contributed by atoms with van der Waals surface area (Å²) in [6.45, 7) is 3.85. The zero-order valence-corrected chi connectivity index (χ0v) is 12.5. The van der Waals surface area contributed by atoms with Gasteiger partial charge in [0.15, 0.2) is 0 Å². The topological polar surface area (TPSA) is 65.5 Å². The monoisotopic (exact) mass is 291 g/mol. The summed E-state index contributed by atoms with van der Waals surface area (Å²) in [4.78, 5) is 12.6. The van der Waals surface area contributed by atoms with Crippen LogP contribution >= 0.6 is 11.8 Å². The van der Waals surface area contributed by atoms with E-state index in [2.05, 4.69) is 4.74 Å². The molecule has 1 aromatic heterocycles. The Hall–Kier alpha value is -1.88. The zero-order chi connectivity index (χ0) is 14.7. The molecule has 5 heteroatoms. The molecule has 0 amide bonds. The second-order valence-electron chi connectivity index (χ2n) is 4.53. The molecule has 0 unspecified atom stereocenters. The number of carbonyl (C=O) groups is 1. The van der Waals surface area contributed by atoms with Crippen molar-refractivity contribution in [1.82, 2.24) is 0 Å². The van der Waals surface area contributed by atoms with Crippen LogP contribution in [-0.2, 0) is 10.5 Å². The number of hydrogen-bond donors (Lipinski definition) is 1. The Morgan fingerprint density at radius 3 is 2.70 bits per heavy atom. The molecule has 0 atom stereocenters. The van der Waals surface area contributed by atoms with Crippen molar-refractivity contribution in [2.24, 2.45) is 0 Å². The lowest BCUT2D eigenvalue weighted by atomic mass is 10.2. The normalized spacial score (nSPS) is 10.6. The minimum absolute atomic E-state index is 0.275. The van der Waals surface area contributed by atoms with Crippen LogP contribution in [0.1, 0.15) is 27.4 Å². The quantitative estimate of drug-likeness (QED) is 0.530. The standard InChI is InChI=1S/C15H17NO3S/c1-9-6-11(16)4-5-13(9)20-8-12-7-10(2)14(19-12)15(17)18-3/h4-7H,8,16H2,1-3H3. The number of thioether (sulfide) groups is 1. The number of rotatable bonds is 4. The van der Waals surface area contributed by atoms with E-state index in [0.717, 1.165) is 27.5 Å². The van der Waals surface area contributed by atoms with E-state index >= 15 is 0 Å². The molecule has 2 N–H and O–H groups in total. The van der Waals surface area contributed by atoms with Crippen LogP contribution in [0, 0.1) is 13.8 Å². The lowest BCUT2D eigenvalue weighted by molar-refractivity contribution is 0.0562. The third-order valence-electron chi connectivity index (χ3n) is 2.91. The highest BCUT2D eigenvalue weighted by molar-refractivity contribution is 7.98. The molecule has 2 rings (SSSR count). The highest BCUT2D eigenvalue weighted by Crippen LogP contribution is 2.29. The number of nitrogen functional groups attached to an aromatic ring is 1. The van der Waals surface area contributed by atoms with Gasteiger partial charge < -0.3 is 14.9 Å². The predicted molar refractivity (Wildman–Crippen MR) is 79.9 cm³/mol. The SMILES string of the molecule is COC(=O)c1oc(CSc2ccc(N)cc2C)cc1C. The Kier molecular flexibility index (Phi) is 4.39. The molecular weight excluding hydrogens is 274 g/mol. The van der Waals surface area contributed by atoms with Gasteiger partial charge in [-0.25, -0.2) is 4.79 Å². The van der Waals surface area contributed by atoms with Crippen LogP contribution in [-0.4, -0.2) is 13.1 Å². The van der Waals surface area contributed by atoms with Crippen LogP contribution in [0.25, 0.3) is 0 Å². The Balaban J connectivity index is 2.09. The Morgan fingerprint density at radius 2 is 2.05 bits per heavy atom. The van der Waals surface area contributed by atoms with Crippen molar-refractivity contribution in [3.63, 3.8) is 0 Å². The summed E-state index contributed by atoms with van der Waals surface area (Å²) in [5.41, 5.74) is 8.41. The molecule has 20 heavy (non-hydrogen) atoms. The number of hydrogen-bond acceptors (Lipinski definition) is 5. The summed E-state index contributed by atoms with van der Waals surface area (Å²) in [7, 11) is 1.34. The molecule has 106 valence electrons. The lowest BCUT2D eigenvalue weighted by Crippen LogP contribution is -2.00. The van der Waals surface area contributed by atoms with Gasteiger partial charge in [0.25, 0.3) is 0 Å². The first-order chi connectivity index (χ1) is 9.51. The third-order valence-corrected chi connectivity index (χ3v) is 4.11. The van der Waals surface area contributed by atoms with Gasteiger partial charge in [0, 0.05) is 16.1 Å². The predicted octanol–water partition coefficient (Wildman–Crippen LogP) is 3.56. The molecule has 0 radical (unpaired) electrons. The summed E-state index contributed by atoms with van der Waals surface area (Å²) >= 11 is 1.65. The fourth-order valence-electron chi connectivity index (χ4n) is 1.90. The molecule has 2 aromatic rings. The molecule has 0 saturated carbocycles. The van der Waals surface area contributed by atoms with Crippen molar-refractivity contribution in [2.45, 2.75) is 24.5 Å². The zero-order valence-electron chi connectivity index (χ0n) is 11.7. The Morgan fingerprint density at radius 1 is 1.30 bits per heavy atom. The Bertz CT molecular complexity index is 634. The number of nitrogens with two attached hydrogens (primary N) is 1. The van der Waals surface area contributed by atoms with Crippen LogP contribution in [0.5, 0.6) is 0 Å². The van der Waals surface area contributed by atoms with Crippen molar-refractivity contribution < 1.29 is 13.9 Å². The first-order valence-corrected chi connectivity index (χ1v) is 7.16. The van der Waals surface area contributed by atoms with E-state index in [1.165, 1.54) is 7.11 Å². The van der Waals surface area contributed by atoms with Crippen molar-refractivity contribution in [3.8, 4) is 0 Å². The number of methoxy groups -OCH3 is 1. The summed E-state index contributed by atoms with van der Waals surface area (Å²) < 4.78 is 10.2. The third kappa shape index (κ3) is 3.17. The molecule has 0 aliphatic rings. The molecule has 0 aliphatic heterocycles. The first kappa shape index (κ1) is 14.5. The van der Waals surface area contributed by atoms with E-state index in [9.17, 15) is 4.79 Å². The van der Waals surface area contributed by atoms with Gasteiger partial charge in [-0.3, -0.25) is 0 Å². The smallest absolute Gasteiger partial charge is 0.374 e. The van der Waals surface area contributed by atoms with Gasteiger partial charge in [0.1, 0.15) is 5.76 Å². The van der Waals surface area contributed by atoms with E-state index in [1.807, 2.05) is 38.1 Å². The van der Waals surface area contributed by atoms with Crippen LogP contribution in [0.15, 0.2) is 33.6 Å². The highest BCUT2D eigenvalue weighted by atomic mass is 32.2. The minimum atomic E-state index is -0.442. The van der Waals surface area contributed by atoms with Gasteiger partial charge in [0.2, 0.25) is 5.76 Å². The first-order valence-electron chi connectivity index (χ1n) is 6.18. The Labute approximate surface area is 122 Å². The van der Waals surface area contributed by atoms with E-state index in [-0.39, 0.29) is 5.76 Å². The highest BCUT2D eigenvalue weighted by Gasteiger charge is 2.16. The summed E-state index contributed by atoms with van der Waals surface area (Å²) in [6, 6.07) is 7.68. The summed E-state index contributed by atoms with van der Waals surface area (Å²) in [6.07, 6.45) is 0. The number of esters is 1. The molecule has 0 fully saturated rings. The van der Waals surface area contributed by atoms with Gasteiger partial charge in [-0.1, -0.05) is 0 Å². The molecule has 4 nitrogen and oxygen atoms in total. The number of anilines is 1. The molecule has 0 bridgehead atoms. The summed E-state index contributed by atoms with van der Waals surface area (Å²) in [5, 5.41) is 0. The van der Waals surface area contributed by atoms with E-state index < -0.39 is 5.97 Å². The second-order valence-corrected chi connectivity index (χ2v) is 5.55. The molecule has 1 heterocycles. The fraction of sp³-hybridized carbons (Fsp3) is 0.267. The van der Waals surface area contributed by atoms with Gasteiger partial charge in [-0.2, -0.15) is 0 Å². The maximum absolute atomic E-state index is 11.5. The van der Waals surface area contributed by atoms with Gasteiger partial charge in [-0.05, 0) is 43.7 Å². The van der Waals surface area contributed by atoms with Crippen LogP contribution in [0.4, 0.5) is 5.69 Å². The second kappa shape index (κ2) is 6.05. The lowest BCUT2D eigenvalue weighted by Gasteiger charge is -2.05. The van der Waals surface area contributed by atoms with E-state index in [4.69, 9.17) is 10.2 Å². The summed E-state index contributed by atoms with van der Waals surface area (Å²) in [5.74, 6) is 1.24. The number of furan rings is 1. The van der Waals surface area contributed by atoms with Gasteiger partial charge >= 0.3 is 5.97 Å². The van der Waals surface area contributed by atoms with Crippen molar-refractivity contribution in [3.05, 3.63) is 46.9 Å². The molecule has 0 aliphatic carbocycles. The van der Waals surface area contributed by atoms with Gasteiger partial charge in [-0.15, -0.1) is 11.8 Å². The molecule has 0 spiro atoms. The molecule has 0 saturated heterocycles. The maximum Gasteiger partial charge on any atom is 0.374 e. The molecule has 1 aromatic carbocycles. The fourth-order valence-corrected chi connectivity index (χ4v) is 2.79. The van der Waals surface area contributed by atoms with E-state index in [0.29, 0.717) is 5.75 Å². The average molecular weight is 291 g/mol. The van der Waals surface area contributed by atoms with Crippen molar-refractivity contribution in [2.75, 3.05) is 12.8 Å². The van der Waals surface area contributed by atoms with Gasteiger partial charge in [0.05, 0.1) is 12.9 Å². The van der Waals surface area contributed by atoms with Crippen molar-refractivity contribution in [1.29, 1.82) is 0 Å². The molecular formula is C15H17NO3S. The van der Waals surface area contributed by atoms with Crippen LogP contribution < -0.4 is 5.73 Å². The van der Waals surface area contributed by atoms with Crippen molar-refractivity contribution >= 4 is 23.4 Å². The van der Waals surface area contributed by atoms with Crippen LogP contribution in [0.2, 0.25) is 0 Å². The van der Waals surface area contributed by atoms with E-state index in [1.54, 1.807) is 11.8 Å². The number of ether oxygens (including phenoxy) is 1. The number of aryl methyl sites for hydroxylation is 2. The van der Waals surface area contributed by atoms with Crippen LogP contribution in [0.3, 0.4) is 0 Å². The average Bonchev–Trinajstić information content (AvgIpc) is 2.78. The maximum atomic E-state index is 11.5. The number of carbonyl (C=O) groups excluding carboxylic acids is 1.